The van der Waals surface area contributed by atoms with Crippen LogP contribution in [0.15, 0.2) is 53.0 Å². The Labute approximate surface area is 221 Å². The summed E-state index contributed by atoms with van der Waals surface area (Å²) in [5.41, 5.74) is 0.526. The van der Waals surface area contributed by atoms with Crippen molar-refractivity contribution in [1.82, 2.24) is 14.0 Å². The van der Waals surface area contributed by atoms with Gasteiger partial charge in [-0.15, -0.1) is 0 Å². The Hall–Kier alpha value is -4.35. The molecule has 0 radical (unpaired) electrons. The quantitative estimate of drug-likeness (QED) is 0.149. The second-order valence-corrected chi connectivity index (χ2v) is 9.19. The fourth-order valence-electron chi connectivity index (χ4n) is 4.98. The van der Waals surface area contributed by atoms with Gasteiger partial charge < -0.3 is 9.64 Å². The van der Waals surface area contributed by atoms with E-state index in [0.29, 0.717) is 16.7 Å². The number of carbonyl (C=O) groups excluding carboxylic acids is 3. The number of halogens is 3. The zero-order valence-electron chi connectivity index (χ0n) is 21.8. The summed E-state index contributed by atoms with van der Waals surface area (Å²) < 4.78 is 48.6. The molecule has 0 fully saturated rings. The summed E-state index contributed by atoms with van der Waals surface area (Å²) in [5.74, 6) is -1.99. The number of hydrogen-bond acceptors (Lipinski definition) is 6. The van der Waals surface area contributed by atoms with Crippen LogP contribution in [0.5, 0.6) is 0 Å². The maximum atomic E-state index is 13.6. The minimum Gasteiger partial charge on any atom is -0.462 e. The maximum absolute atomic E-state index is 13.6. The monoisotopic (exact) mass is 544 g/mol. The number of ether oxygens (including phenoxy) is 1. The van der Waals surface area contributed by atoms with E-state index in [1.807, 2.05) is 0 Å². The molecule has 0 spiro atoms. The lowest BCUT2D eigenvalue weighted by molar-refractivity contribution is -0.144. The summed E-state index contributed by atoms with van der Waals surface area (Å²) in [6, 6.07) is 7.77. The summed E-state index contributed by atoms with van der Waals surface area (Å²) in [6.07, 6.45) is -3.06. The van der Waals surface area contributed by atoms with Crippen molar-refractivity contribution >= 4 is 35.0 Å². The molecule has 9 nitrogen and oxygen atoms in total. The first-order chi connectivity index (χ1) is 18.4. The maximum Gasteiger partial charge on any atom is 0.416 e. The second kappa shape index (κ2) is 10.4. The highest BCUT2D eigenvalue weighted by Crippen LogP contribution is 2.42. The first-order valence-corrected chi connectivity index (χ1v) is 12.1. The molecule has 1 aliphatic carbocycles. The molecule has 3 aromatic rings. The summed E-state index contributed by atoms with van der Waals surface area (Å²) in [5, 5.41) is 0. The average molecular weight is 545 g/mol. The molecule has 2 aromatic carbocycles. The Balaban J connectivity index is 1.73. The molecule has 4 rings (SSSR count). The Morgan fingerprint density at radius 2 is 1.82 bits per heavy atom. The van der Waals surface area contributed by atoms with Crippen LogP contribution in [0.25, 0.3) is 11.0 Å². The third kappa shape index (κ3) is 4.93. The molecule has 1 heterocycles. The standard InChI is InChI=1S/C27H27F3N4O5/c1-5-39-25(37)19(14-31(2)16-9-11-22-23(13-16)33(4)26(38)32(22)3)24(36)34(15-35)21-12-10-17-18(21)7-6-8-20(17)27(28,29)30/h6-9,11,13-15,21H,5,10,12H2,1-4H3/b19-14+. The van der Waals surface area contributed by atoms with Crippen molar-refractivity contribution in [1.29, 1.82) is 0 Å². The number of anilines is 1. The molecule has 0 saturated heterocycles. The van der Waals surface area contributed by atoms with E-state index in [1.165, 1.54) is 32.4 Å². The normalized spacial score (nSPS) is 15.3. The Kier molecular flexibility index (Phi) is 7.40. The lowest BCUT2D eigenvalue weighted by atomic mass is 10.0. The van der Waals surface area contributed by atoms with Gasteiger partial charge in [0.25, 0.3) is 5.91 Å². The number of esters is 1. The number of imide groups is 1. The van der Waals surface area contributed by atoms with E-state index in [9.17, 15) is 32.3 Å². The highest BCUT2D eigenvalue weighted by atomic mass is 19.4. The number of amides is 2. The van der Waals surface area contributed by atoms with E-state index in [0.717, 1.165) is 11.0 Å². The number of fused-ring (bicyclic) bond motifs is 2. The third-order valence-electron chi connectivity index (χ3n) is 6.94. The summed E-state index contributed by atoms with van der Waals surface area (Å²) in [7, 11) is 4.82. The Morgan fingerprint density at radius 1 is 1.13 bits per heavy atom. The Morgan fingerprint density at radius 3 is 2.46 bits per heavy atom. The van der Waals surface area contributed by atoms with E-state index in [2.05, 4.69) is 0 Å². The van der Waals surface area contributed by atoms with Gasteiger partial charge in [0.05, 0.1) is 29.2 Å². The molecule has 0 bridgehead atoms. The van der Waals surface area contributed by atoms with Crippen LogP contribution in [0.1, 0.15) is 36.1 Å². The number of imidazole rings is 1. The molecule has 1 aliphatic rings. The zero-order chi connectivity index (χ0) is 28.6. The number of benzene rings is 2. The predicted molar refractivity (Wildman–Crippen MR) is 137 cm³/mol. The molecule has 0 aliphatic heterocycles. The molecular formula is C27H27F3N4O5. The van der Waals surface area contributed by atoms with Gasteiger partial charge in [-0.1, -0.05) is 12.1 Å². The topological polar surface area (TPSA) is 93.8 Å². The predicted octanol–water partition coefficient (Wildman–Crippen LogP) is 3.45. The fraction of sp³-hybridized carbons (Fsp3) is 0.333. The molecule has 206 valence electrons. The third-order valence-corrected chi connectivity index (χ3v) is 6.94. The first-order valence-electron chi connectivity index (χ1n) is 12.1. The SMILES string of the molecule is CCOC(=O)/C(=C/N(C)c1ccc2c(c1)n(C)c(=O)n2C)C(=O)N(C=O)C1CCc2c1cccc2C(F)(F)F. The van der Waals surface area contributed by atoms with Gasteiger partial charge in [-0.2, -0.15) is 13.2 Å². The van der Waals surface area contributed by atoms with E-state index < -0.39 is 35.2 Å². The molecule has 2 amide bonds. The van der Waals surface area contributed by atoms with Crippen LogP contribution in [0.2, 0.25) is 0 Å². The number of rotatable bonds is 7. The van der Waals surface area contributed by atoms with Gasteiger partial charge in [0.15, 0.2) is 0 Å². The highest BCUT2D eigenvalue weighted by molar-refractivity contribution is 6.18. The molecule has 1 atom stereocenters. The van der Waals surface area contributed by atoms with Crippen molar-refractivity contribution in [2.75, 3.05) is 18.6 Å². The molecule has 1 aromatic heterocycles. The van der Waals surface area contributed by atoms with Crippen molar-refractivity contribution in [3.05, 3.63) is 75.3 Å². The number of nitrogens with zero attached hydrogens (tertiary/aromatic N) is 4. The van der Waals surface area contributed by atoms with E-state index >= 15 is 0 Å². The van der Waals surface area contributed by atoms with Crippen molar-refractivity contribution in [2.24, 2.45) is 14.1 Å². The molecule has 39 heavy (non-hydrogen) atoms. The minimum absolute atomic E-state index is 0.0153. The van der Waals surface area contributed by atoms with Gasteiger partial charge in [0, 0.05) is 33.0 Å². The van der Waals surface area contributed by atoms with Gasteiger partial charge in [-0.25, -0.2) is 9.59 Å². The van der Waals surface area contributed by atoms with Crippen LogP contribution in [-0.2, 0) is 45.8 Å². The highest BCUT2D eigenvalue weighted by Gasteiger charge is 2.40. The van der Waals surface area contributed by atoms with Crippen LogP contribution in [0.3, 0.4) is 0 Å². The minimum atomic E-state index is -4.59. The summed E-state index contributed by atoms with van der Waals surface area (Å²) in [4.78, 5) is 53.1. The fourth-order valence-corrected chi connectivity index (χ4v) is 4.98. The average Bonchev–Trinajstić information content (AvgIpc) is 3.41. The van der Waals surface area contributed by atoms with Crippen LogP contribution >= 0.6 is 0 Å². The number of aromatic nitrogens is 2. The Bertz CT molecular complexity index is 1550. The van der Waals surface area contributed by atoms with Gasteiger partial charge in [0.1, 0.15) is 5.57 Å². The second-order valence-electron chi connectivity index (χ2n) is 9.19. The first kappa shape index (κ1) is 27.7. The summed E-state index contributed by atoms with van der Waals surface area (Å²) >= 11 is 0. The van der Waals surface area contributed by atoms with Crippen LogP contribution in [0.4, 0.5) is 18.9 Å². The molecular weight excluding hydrogens is 517 g/mol. The van der Waals surface area contributed by atoms with Crippen molar-refractivity contribution in [3.63, 3.8) is 0 Å². The number of aryl methyl sites for hydroxylation is 2. The molecule has 0 N–H and O–H groups in total. The molecule has 12 heteroatoms. The van der Waals surface area contributed by atoms with Crippen LogP contribution in [0, 0.1) is 0 Å². The van der Waals surface area contributed by atoms with Gasteiger partial charge in [-0.3, -0.25) is 23.6 Å². The number of alkyl halides is 3. The largest absolute Gasteiger partial charge is 0.462 e. The number of carbonyl (C=O) groups is 3. The molecule has 0 saturated carbocycles. The lowest BCUT2D eigenvalue weighted by Crippen LogP contribution is -2.37. The summed E-state index contributed by atoms with van der Waals surface area (Å²) in [6.45, 7) is 1.50. The van der Waals surface area contributed by atoms with Gasteiger partial charge >= 0.3 is 17.8 Å². The molecule has 1 unspecified atom stereocenters. The van der Waals surface area contributed by atoms with Gasteiger partial charge in [-0.05, 0) is 55.2 Å². The van der Waals surface area contributed by atoms with Crippen LogP contribution < -0.4 is 10.6 Å². The zero-order valence-corrected chi connectivity index (χ0v) is 21.8. The van der Waals surface area contributed by atoms with Gasteiger partial charge in [0.2, 0.25) is 6.41 Å². The van der Waals surface area contributed by atoms with Crippen LogP contribution in [-0.4, -0.2) is 46.0 Å². The lowest BCUT2D eigenvalue weighted by Gasteiger charge is -2.25. The van der Waals surface area contributed by atoms with Crippen molar-refractivity contribution in [3.8, 4) is 0 Å². The van der Waals surface area contributed by atoms with Crippen molar-refractivity contribution in [2.45, 2.75) is 32.0 Å². The smallest absolute Gasteiger partial charge is 0.416 e. The van der Waals surface area contributed by atoms with E-state index in [1.54, 1.807) is 46.3 Å². The van der Waals surface area contributed by atoms with E-state index in [-0.39, 0.29) is 42.7 Å². The van der Waals surface area contributed by atoms with Crippen molar-refractivity contribution < 1.29 is 32.3 Å². The number of hydrogen-bond donors (Lipinski definition) is 0. The van der Waals surface area contributed by atoms with E-state index in [4.69, 9.17) is 4.74 Å².